The maximum Gasteiger partial charge on any atom is 0.201 e. The van der Waals surface area contributed by atoms with Crippen LogP contribution in [0.15, 0.2) is 54.1 Å². The topological polar surface area (TPSA) is 38.8 Å². The number of benzene rings is 2. The Labute approximate surface area is 195 Å². The number of nitrogens with zero attached hydrogens (tertiary/aromatic N) is 1. The molecule has 2 aromatic carbocycles. The van der Waals surface area contributed by atoms with Crippen LogP contribution >= 0.6 is 12.4 Å². The van der Waals surface area contributed by atoms with Gasteiger partial charge in [-0.2, -0.15) is 0 Å². The predicted molar refractivity (Wildman–Crippen MR) is 127 cm³/mol. The Morgan fingerprint density at radius 1 is 1.06 bits per heavy atom. The Balaban J connectivity index is 0.00000289. The molecule has 0 amide bonds. The number of halogens is 2. The van der Waals surface area contributed by atoms with Gasteiger partial charge in [-0.25, -0.2) is 4.39 Å². The lowest BCUT2D eigenvalue weighted by molar-refractivity contribution is 0.0716. The average molecular weight is 460 g/mol. The minimum Gasteiger partial charge on any atom is -0.490 e. The van der Waals surface area contributed by atoms with Crippen molar-refractivity contribution < 1.29 is 18.7 Å². The fraction of sp³-hybridized carbons (Fsp3) is 0.423. The van der Waals surface area contributed by atoms with Crippen LogP contribution in [0.1, 0.15) is 48.2 Å². The lowest BCUT2D eigenvalue weighted by atomic mass is 9.89. The van der Waals surface area contributed by atoms with Crippen molar-refractivity contribution in [2.24, 2.45) is 0 Å². The molecule has 0 bridgehead atoms. The minimum atomic E-state index is -1.88. The van der Waals surface area contributed by atoms with E-state index in [0.29, 0.717) is 35.8 Å². The molecule has 4 nitrogen and oxygen atoms in total. The SMILES string of the molecule is CCOc1cc2c(cc1OCC)C(=O)C(F)(CC1=CCN(Cc3ccccc3)CC1)C2.Cl. The molecule has 1 heterocycles. The van der Waals surface area contributed by atoms with Crippen molar-refractivity contribution in [3.8, 4) is 11.5 Å². The molecular formula is C26H31ClFNO3. The summed E-state index contributed by atoms with van der Waals surface area (Å²) in [5.74, 6) is 0.654. The number of ether oxygens (including phenoxy) is 2. The Hall–Kier alpha value is -2.37. The Bertz CT molecular complexity index is 979. The number of ketones is 1. The van der Waals surface area contributed by atoms with E-state index in [1.54, 1.807) is 12.1 Å². The van der Waals surface area contributed by atoms with Crippen molar-refractivity contribution in [1.29, 1.82) is 0 Å². The fourth-order valence-corrected chi connectivity index (χ4v) is 4.52. The van der Waals surface area contributed by atoms with Gasteiger partial charge in [-0.3, -0.25) is 9.69 Å². The van der Waals surface area contributed by atoms with Gasteiger partial charge in [-0.1, -0.05) is 42.0 Å². The number of fused-ring (bicyclic) bond motifs is 1. The molecule has 1 aliphatic carbocycles. The first-order valence-electron chi connectivity index (χ1n) is 11.1. The van der Waals surface area contributed by atoms with Crippen LogP contribution in [0.5, 0.6) is 11.5 Å². The predicted octanol–water partition coefficient (Wildman–Crippen LogP) is 5.58. The highest BCUT2D eigenvalue weighted by Crippen LogP contribution is 2.43. The molecule has 6 heteroatoms. The standard InChI is InChI=1S/C26H30FNO3.ClH/c1-3-30-23-14-21-17-26(27,25(29)22(21)15-24(23)31-4-2)16-19-10-12-28(13-11-19)18-20-8-6-5-7-9-20;/h5-10,14-15H,3-4,11-13,16-18H2,1-2H3;1H. The fourth-order valence-electron chi connectivity index (χ4n) is 4.52. The molecule has 0 saturated carbocycles. The first-order valence-corrected chi connectivity index (χ1v) is 11.1. The maximum atomic E-state index is 15.9. The van der Waals surface area contributed by atoms with Gasteiger partial charge < -0.3 is 9.47 Å². The molecule has 0 spiro atoms. The van der Waals surface area contributed by atoms with E-state index in [1.165, 1.54) is 5.56 Å². The zero-order chi connectivity index (χ0) is 21.8. The molecule has 0 fully saturated rings. The average Bonchev–Trinajstić information content (AvgIpc) is 3.00. The maximum absolute atomic E-state index is 15.9. The first-order chi connectivity index (χ1) is 15.0. The summed E-state index contributed by atoms with van der Waals surface area (Å²) < 4.78 is 27.2. The molecule has 2 aliphatic rings. The minimum absolute atomic E-state index is 0. The van der Waals surface area contributed by atoms with Crippen molar-refractivity contribution >= 4 is 18.2 Å². The summed E-state index contributed by atoms with van der Waals surface area (Å²) in [4.78, 5) is 15.4. The second-order valence-corrected chi connectivity index (χ2v) is 8.30. The van der Waals surface area contributed by atoms with Crippen LogP contribution in [0.4, 0.5) is 4.39 Å². The third kappa shape index (κ3) is 5.16. The van der Waals surface area contributed by atoms with Gasteiger partial charge in [0.05, 0.1) is 13.2 Å². The molecule has 0 aromatic heterocycles. The molecule has 0 N–H and O–H groups in total. The summed E-state index contributed by atoms with van der Waals surface area (Å²) >= 11 is 0. The number of alkyl halides is 1. The van der Waals surface area contributed by atoms with Crippen LogP contribution in [0.3, 0.4) is 0 Å². The largest absolute Gasteiger partial charge is 0.490 e. The van der Waals surface area contributed by atoms with Gasteiger partial charge in [-0.05, 0) is 43.5 Å². The molecule has 1 unspecified atom stereocenters. The van der Waals surface area contributed by atoms with Gasteiger partial charge in [-0.15, -0.1) is 12.4 Å². The third-order valence-corrected chi connectivity index (χ3v) is 6.04. The van der Waals surface area contributed by atoms with Crippen molar-refractivity contribution in [2.75, 3.05) is 26.3 Å². The van der Waals surface area contributed by atoms with E-state index in [4.69, 9.17) is 9.47 Å². The molecule has 1 atom stereocenters. The molecule has 4 rings (SSSR count). The highest BCUT2D eigenvalue weighted by Gasteiger charge is 2.47. The molecule has 2 aromatic rings. The molecule has 0 radical (unpaired) electrons. The molecular weight excluding hydrogens is 429 g/mol. The van der Waals surface area contributed by atoms with Gasteiger partial charge in [0.25, 0.3) is 0 Å². The van der Waals surface area contributed by atoms with Gasteiger partial charge >= 0.3 is 0 Å². The van der Waals surface area contributed by atoms with E-state index >= 15 is 4.39 Å². The molecule has 172 valence electrons. The monoisotopic (exact) mass is 459 g/mol. The van der Waals surface area contributed by atoms with Crippen LogP contribution in [-0.4, -0.2) is 42.7 Å². The summed E-state index contributed by atoms with van der Waals surface area (Å²) in [6.45, 7) is 7.26. The Morgan fingerprint density at radius 2 is 1.75 bits per heavy atom. The smallest absolute Gasteiger partial charge is 0.201 e. The normalized spacial score (nSPS) is 20.3. The molecule has 32 heavy (non-hydrogen) atoms. The van der Waals surface area contributed by atoms with E-state index in [1.807, 2.05) is 32.0 Å². The number of Topliss-reactive ketones (excluding diaryl/α,β-unsaturated/α-hetero) is 1. The van der Waals surface area contributed by atoms with E-state index < -0.39 is 11.5 Å². The lowest BCUT2D eigenvalue weighted by Crippen LogP contribution is -2.34. The molecule has 0 saturated heterocycles. The zero-order valence-electron chi connectivity index (χ0n) is 18.7. The Morgan fingerprint density at radius 3 is 2.38 bits per heavy atom. The first kappa shape index (κ1) is 24.3. The number of hydrogen-bond acceptors (Lipinski definition) is 4. The molecule has 1 aliphatic heterocycles. The summed E-state index contributed by atoms with van der Waals surface area (Å²) in [5.41, 5.74) is 1.56. The highest BCUT2D eigenvalue weighted by molar-refractivity contribution is 6.07. The summed E-state index contributed by atoms with van der Waals surface area (Å²) in [6.07, 6.45) is 3.14. The van der Waals surface area contributed by atoms with Crippen LogP contribution < -0.4 is 9.47 Å². The summed E-state index contributed by atoms with van der Waals surface area (Å²) in [7, 11) is 0. The lowest BCUT2D eigenvalue weighted by Gasteiger charge is -2.28. The summed E-state index contributed by atoms with van der Waals surface area (Å²) in [5, 5.41) is 0. The van der Waals surface area contributed by atoms with Crippen LogP contribution in [0.25, 0.3) is 0 Å². The van der Waals surface area contributed by atoms with Gasteiger partial charge in [0.2, 0.25) is 5.78 Å². The zero-order valence-corrected chi connectivity index (χ0v) is 19.6. The number of hydrogen-bond donors (Lipinski definition) is 0. The number of carbonyl (C=O) groups excluding carboxylic acids is 1. The van der Waals surface area contributed by atoms with Crippen molar-refractivity contribution in [2.45, 2.75) is 45.3 Å². The number of carbonyl (C=O) groups is 1. The van der Waals surface area contributed by atoms with E-state index in [9.17, 15) is 4.79 Å². The van der Waals surface area contributed by atoms with Crippen LogP contribution in [-0.2, 0) is 13.0 Å². The quantitative estimate of drug-likeness (QED) is 0.483. The van der Waals surface area contributed by atoms with Gasteiger partial charge in [0.1, 0.15) is 0 Å². The van der Waals surface area contributed by atoms with E-state index in [2.05, 4.69) is 23.1 Å². The Kier molecular flexibility index (Phi) is 7.96. The second-order valence-electron chi connectivity index (χ2n) is 8.30. The second kappa shape index (κ2) is 10.5. The third-order valence-electron chi connectivity index (χ3n) is 6.04. The van der Waals surface area contributed by atoms with E-state index in [-0.39, 0.29) is 25.2 Å². The van der Waals surface area contributed by atoms with Crippen molar-refractivity contribution in [3.63, 3.8) is 0 Å². The van der Waals surface area contributed by atoms with Crippen LogP contribution in [0, 0.1) is 0 Å². The highest BCUT2D eigenvalue weighted by atomic mass is 35.5. The van der Waals surface area contributed by atoms with Gasteiger partial charge in [0, 0.05) is 38.0 Å². The van der Waals surface area contributed by atoms with E-state index in [0.717, 1.165) is 31.6 Å². The summed E-state index contributed by atoms with van der Waals surface area (Å²) in [6, 6.07) is 13.8. The van der Waals surface area contributed by atoms with Gasteiger partial charge in [0.15, 0.2) is 17.2 Å². The van der Waals surface area contributed by atoms with Crippen molar-refractivity contribution in [1.82, 2.24) is 4.90 Å². The van der Waals surface area contributed by atoms with Crippen LogP contribution in [0.2, 0.25) is 0 Å². The number of rotatable bonds is 8. The van der Waals surface area contributed by atoms with Crippen molar-refractivity contribution in [3.05, 3.63) is 70.8 Å².